The normalized spacial score (nSPS) is 14.7. The number of carbonyl (C=O) groups excluding carboxylic acids is 2. The summed E-state index contributed by atoms with van der Waals surface area (Å²) in [6, 6.07) is 14.6. The number of anilines is 2. The van der Waals surface area contributed by atoms with E-state index in [4.69, 9.17) is 4.74 Å². The molecule has 0 aliphatic carbocycles. The van der Waals surface area contributed by atoms with Crippen LogP contribution in [0.1, 0.15) is 10.4 Å². The number of rotatable bonds is 6. The van der Waals surface area contributed by atoms with E-state index in [1.807, 2.05) is 24.3 Å². The molecule has 3 rings (SSSR count). The number of piperazine rings is 1. The van der Waals surface area contributed by atoms with E-state index in [1.165, 1.54) is 0 Å². The smallest absolute Gasteiger partial charge is 0.262 e. The Kier molecular flexibility index (Phi) is 5.86. The van der Waals surface area contributed by atoms with Crippen LogP contribution in [-0.4, -0.2) is 56.9 Å². The number of aldehydes is 1. The highest BCUT2D eigenvalue weighted by molar-refractivity contribution is 5.96. The molecule has 6 nitrogen and oxygen atoms in total. The van der Waals surface area contributed by atoms with Gasteiger partial charge in [0.15, 0.2) is 6.61 Å². The summed E-state index contributed by atoms with van der Waals surface area (Å²) in [5.41, 5.74) is 2.10. The molecular weight excluding hydrogens is 330 g/mol. The Bertz CT molecular complexity index is 756. The molecule has 0 bridgehead atoms. The summed E-state index contributed by atoms with van der Waals surface area (Å²) in [7, 11) is 2.09. The predicted molar refractivity (Wildman–Crippen MR) is 102 cm³/mol. The van der Waals surface area contributed by atoms with Gasteiger partial charge in [-0.25, -0.2) is 0 Å². The average Bonchev–Trinajstić information content (AvgIpc) is 2.68. The van der Waals surface area contributed by atoms with Crippen molar-refractivity contribution < 1.29 is 14.3 Å². The van der Waals surface area contributed by atoms with Gasteiger partial charge in [-0.1, -0.05) is 18.2 Å². The van der Waals surface area contributed by atoms with Crippen molar-refractivity contribution in [2.24, 2.45) is 0 Å². The van der Waals surface area contributed by atoms with Crippen LogP contribution in [-0.2, 0) is 4.79 Å². The Morgan fingerprint density at radius 1 is 1.12 bits per heavy atom. The van der Waals surface area contributed by atoms with E-state index in [-0.39, 0.29) is 12.5 Å². The second-order valence-electron chi connectivity index (χ2n) is 6.33. The lowest BCUT2D eigenvalue weighted by Gasteiger charge is -2.35. The maximum Gasteiger partial charge on any atom is 0.262 e. The zero-order valence-electron chi connectivity index (χ0n) is 14.9. The molecule has 1 N–H and O–H groups in total. The van der Waals surface area contributed by atoms with Crippen LogP contribution in [0.2, 0.25) is 0 Å². The number of ether oxygens (including phenoxy) is 1. The molecule has 1 aliphatic rings. The third-order valence-electron chi connectivity index (χ3n) is 4.39. The predicted octanol–water partition coefficient (Wildman–Crippen LogP) is 2.27. The summed E-state index contributed by atoms with van der Waals surface area (Å²) in [4.78, 5) is 27.9. The van der Waals surface area contributed by atoms with Gasteiger partial charge in [-0.3, -0.25) is 9.59 Å². The van der Waals surface area contributed by atoms with Gasteiger partial charge in [0.2, 0.25) is 0 Å². The number of likely N-dealkylation sites (N-methyl/N-ethyl adjacent to an activating group) is 1. The van der Waals surface area contributed by atoms with Crippen LogP contribution >= 0.6 is 0 Å². The highest BCUT2D eigenvalue weighted by atomic mass is 16.5. The number of benzene rings is 2. The van der Waals surface area contributed by atoms with E-state index in [0.29, 0.717) is 17.0 Å². The fraction of sp³-hybridized carbons (Fsp3) is 0.300. The van der Waals surface area contributed by atoms with Crippen LogP contribution in [0, 0.1) is 0 Å². The van der Waals surface area contributed by atoms with Crippen LogP contribution in [0.15, 0.2) is 48.5 Å². The lowest BCUT2D eigenvalue weighted by molar-refractivity contribution is -0.118. The fourth-order valence-corrected chi connectivity index (χ4v) is 2.90. The van der Waals surface area contributed by atoms with Crippen molar-refractivity contribution in [2.45, 2.75) is 0 Å². The van der Waals surface area contributed by atoms with Crippen LogP contribution in [0.25, 0.3) is 0 Å². The average molecular weight is 353 g/mol. The first-order chi connectivity index (χ1) is 12.7. The van der Waals surface area contributed by atoms with Gasteiger partial charge in [-0.15, -0.1) is 0 Å². The molecule has 0 aromatic heterocycles. The summed E-state index contributed by atoms with van der Waals surface area (Å²) in [6.07, 6.45) is 0.782. The van der Waals surface area contributed by atoms with Gasteiger partial charge < -0.3 is 19.9 Å². The summed E-state index contributed by atoms with van der Waals surface area (Å²) in [5.74, 6) is 0.385. The number of para-hydroxylation sites is 1. The summed E-state index contributed by atoms with van der Waals surface area (Å²) in [5, 5.41) is 2.89. The molecule has 1 aliphatic heterocycles. The number of nitrogens with zero attached hydrogens (tertiary/aromatic N) is 2. The van der Waals surface area contributed by atoms with Crippen molar-refractivity contribution in [1.82, 2.24) is 4.90 Å². The Morgan fingerprint density at radius 3 is 2.54 bits per heavy atom. The van der Waals surface area contributed by atoms with Crippen LogP contribution in [0.4, 0.5) is 11.4 Å². The highest BCUT2D eigenvalue weighted by Crippen LogP contribution is 2.28. The van der Waals surface area contributed by atoms with E-state index in [9.17, 15) is 9.59 Å². The minimum absolute atomic E-state index is 0.0858. The molecule has 0 unspecified atom stereocenters. The standard InChI is InChI=1S/C20H23N3O3/c1-22-9-11-23(12-10-22)19-8-7-16(14-24)13-18(19)21-20(25)15-26-17-5-3-2-4-6-17/h2-8,13-14H,9-12,15H2,1H3,(H,21,25). The Balaban J connectivity index is 1.70. The second-order valence-corrected chi connectivity index (χ2v) is 6.33. The molecule has 2 aromatic rings. The fourth-order valence-electron chi connectivity index (χ4n) is 2.90. The molecule has 0 spiro atoms. The number of hydrogen-bond acceptors (Lipinski definition) is 5. The molecule has 2 aromatic carbocycles. The summed E-state index contributed by atoms with van der Waals surface area (Å²) >= 11 is 0. The van der Waals surface area contributed by atoms with Gasteiger partial charge in [-0.2, -0.15) is 0 Å². The van der Waals surface area contributed by atoms with Crippen molar-refractivity contribution in [3.63, 3.8) is 0 Å². The van der Waals surface area contributed by atoms with Crippen molar-refractivity contribution in [1.29, 1.82) is 0 Å². The molecule has 0 saturated carbocycles. The SMILES string of the molecule is CN1CCN(c2ccc(C=O)cc2NC(=O)COc2ccccc2)CC1. The molecule has 6 heteroatoms. The van der Waals surface area contributed by atoms with E-state index < -0.39 is 0 Å². The number of hydrogen-bond donors (Lipinski definition) is 1. The van der Waals surface area contributed by atoms with E-state index in [1.54, 1.807) is 24.3 Å². The molecule has 1 fully saturated rings. The molecule has 0 atom stereocenters. The van der Waals surface area contributed by atoms with Crippen molar-refractivity contribution in [3.8, 4) is 5.75 Å². The third-order valence-corrected chi connectivity index (χ3v) is 4.39. The number of amides is 1. The number of carbonyl (C=O) groups is 2. The Morgan fingerprint density at radius 2 is 1.85 bits per heavy atom. The van der Waals surface area contributed by atoms with Gasteiger partial charge in [0.1, 0.15) is 12.0 Å². The monoisotopic (exact) mass is 353 g/mol. The summed E-state index contributed by atoms with van der Waals surface area (Å²) in [6.45, 7) is 3.58. The maximum atomic E-state index is 12.3. The topological polar surface area (TPSA) is 61.9 Å². The van der Waals surface area contributed by atoms with Gasteiger partial charge in [0.05, 0.1) is 11.4 Å². The largest absolute Gasteiger partial charge is 0.484 e. The van der Waals surface area contributed by atoms with Crippen LogP contribution in [0.5, 0.6) is 5.75 Å². The third kappa shape index (κ3) is 4.61. The number of nitrogens with one attached hydrogen (secondary N) is 1. The molecule has 1 amide bonds. The molecular formula is C20H23N3O3. The lowest BCUT2D eigenvalue weighted by Crippen LogP contribution is -2.44. The first-order valence-corrected chi connectivity index (χ1v) is 8.66. The van der Waals surface area contributed by atoms with Crippen molar-refractivity contribution in [2.75, 3.05) is 50.1 Å². The van der Waals surface area contributed by atoms with Gasteiger partial charge in [0, 0.05) is 31.7 Å². The first kappa shape index (κ1) is 17.9. The molecule has 1 heterocycles. The van der Waals surface area contributed by atoms with E-state index >= 15 is 0 Å². The van der Waals surface area contributed by atoms with Gasteiger partial charge >= 0.3 is 0 Å². The van der Waals surface area contributed by atoms with Crippen LogP contribution in [0.3, 0.4) is 0 Å². The minimum Gasteiger partial charge on any atom is -0.484 e. The summed E-state index contributed by atoms with van der Waals surface area (Å²) < 4.78 is 5.49. The minimum atomic E-state index is -0.257. The molecule has 136 valence electrons. The molecule has 26 heavy (non-hydrogen) atoms. The van der Waals surface area contributed by atoms with Gasteiger partial charge in [-0.05, 0) is 37.4 Å². The maximum absolute atomic E-state index is 12.3. The zero-order valence-corrected chi connectivity index (χ0v) is 14.9. The van der Waals surface area contributed by atoms with Crippen molar-refractivity contribution in [3.05, 3.63) is 54.1 Å². The Hall–Kier alpha value is -2.86. The molecule has 0 radical (unpaired) electrons. The van der Waals surface area contributed by atoms with Crippen molar-refractivity contribution >= 4 is 23.6 Å². The lowest BCUT2D eigenvalue weighted by atomic mass is 10.1. The van der Waals surface area contributed by atoms with E-state index in [2.05, 4.69) is 22.2 Å². The second kappa shape index (κ2) is 8.49. The van der Waals surface area contributed by atoms with E-state index in [0.717, 1.165) is 38.2 Å². The molecule has 1 saturated heterocycles. The van der Waals surface area contributed by atoms with Gasteiger partial charge in [0.25, 0.3) is 5.91 Å². The highest BCUT2D eigenvalue weighted by Gasteiger charge is 2.18. The van der Waals surface area contributed by atoms with Crippen LogP contribution < -0.4 is 15.0 Å². The first-order valence-electron chi connectivity index (χ1n) is 8.66. The zero-order chi connectivity index (χ0) is 18.4. The Labute approximate surface area is 153 Å². The quantitative estimate of drug-likeness (QED) is 0.807.